The van der Waals surface area contributed by atoms with Crippen molar-refractivity contribution in [1.82, 2.24) is 9.66 Å². The molecule has 0 aliphatic rings. The summed E-state index contributed by atoms with van der Waals surface area (Å²) < 4.78 is 52.0. The lowest BCUT2D eigenvalue weighted by Crippen LogP contribution is -2.25. The lowest BCUT2D eigenvalue weighted by Gasteiger charge is -2.14. The van der Waals surface area contributed by atoms with Crippen LogP contribution in [0.25, 0.3) is 22.3 Å². The summed E-state index contributed by atoms with van der Waals surface area (Å²) in [6.45, 7) is 1.56. The largest absolute Gasteiger partial charge is 0.478 e. The number of hydrogen-bond donors (Lipinski definition) is 0. The highest BCUT2D eigenvalue weighted by atomic mass is 127. The minimum atomic E-state index is -4.56. The smallest absolute Gasteiger partial charge is 0.416 e. The summed E-state index contributed by atoms with van der Waals surface area (Å²) in [4.78, 5) is 29.4. The molecule has 0 radical (unpaired) electrons. The number of ether oxygens (including phenoxy) is 2. The number of aromatic nitrogens is 2. The zero-order valence-corrected chi connectivity index (χ0v) is 21.6. The van der Waals surface area contributed by atoms with Crippen LogP contribution < -0.4 is 10.3 Å². The average Bonchev–Trinajstić information content (AvgIpc) is 2.88. The van der Waals surface area contributed by atoms with Gasteiger partial charge in [-0.05, 0) is 77.5 Å². The Morgan fingerprint density at radius 3 is 2.57 bits per heavy atom. The molecule has 1 aromatic heterocycles. The zero-order chi connectivity index (χ0) is 26.7. The first-order valence-corrected chi connectivity index (χ1v) is 11.9. The molecule has 0 saturated heterocycles. The third-order valence-electron chi connectivity index (χ3n) is 5.32. The molecule has 11 heteroatoms. The summed E-state index contributed by atoms with van der Waals surface area (Å²) in [5.41, 5.74) is -0.394. The first kappa shape index (κ1) is 26.3. The Morgan fingerprint density at radius 2 is 1.86 bits per heavy atom. The summed E-state index contributed by atoms with van der Waals surface area (Å²) in [5, 5.41) is 4.55. The molecule has 1 heterocycles. The highest BCUT2D eigenvalue weighted by Gasteiger charge is 2.31. The summed E-state index contributed by atoms with van der Waals surface area (Å²) >= 11 is 2.03. The summed E-state index contributed by atoms with van der Waals surface area (Å²) in [6, 6.07) is 16.1. The van der Waals surface area contributed by atoms with Crippen LogP contribution in [-0.2, 0) is 15.7 Å². The molecule has 0 unspecified atom stereocenters. The molecular formula is C26H19F3IN3O4. The molecule has 0 saturated carbocycles. The number of carbonyl (C=O) groups is 1. The third kappa shape index (κ3) is 5.82. The number of para-hydroxylation sites is 1. The number of halogens is 4. The number of esters is 1. The van der Waals surface area contributed by atoms with Gasteiger partial charge in [0.15, 0.2) is 11.9 Å². The zero-order valence-electron chi connectivity index (χ0n) is 19.5. The Labute approximate surface area is 222 Å². The Bertz CT molecular complexity index is 1570. The molecule has 0 aliphatic carbocycles. The number of rotatable bonds is 6. The third-order valence-corrected chi connectivity index (χ3v) is 6.16. The predicted octanol–water partition coefficient (Wildman–Crippen LogP) is 5.51. The Morgan fingerprint density at radius 1 is 1.11 bits per heavy atom. The second-order valence-electron chi connectivity index (χ2n) is 7.87. The van der Waals surface area contributed by atoms with E-state index in [0.29, 0.717) is 20.4 Å². The second kappa shape index (κ2) is 10.7. The Hall–Kier alpha value is -3.74. The molecule has 1 atom stereocenters. The van der Waals surface area contributed by atoms with Gasteiger partial charge in [-0.15, -0.1) is 0 Å². The van der Waals surface area contributed by atoms with E-state index in [-0.39, 0.29) is 16.8 Å². The first-order valence-electron chi connectivity index (χ1n) is 10.9. The van der Waals surface area contributed by atoms with Gasteiger partial charge in [0.1, 0.15) is 5.75 Å². The van der Waals surface area contributed by atoms with Crippen molar-refractivity contribution in [3.8, 4) is 17.1 Å². The van der Waals surface area contributed by atoms with Crippen molar-refractivity contribution in [1.29, 1.82) is 0 Å². The molecule has 0 fully saturated rings. The molecule has 3 aromatic carbocycles. The van der Waals surface area contributed by atoms with E-state index in [1.54, 1.807) is 49.4 Å². The Kier molecular flexibility index (Phi) is 7.62. The van der Waals surface area contributed by atoms with Crippen LogP contribution in [0.5, 0.6) is 5.75 Å². The fourth-order valence-electron chi connectivity index (χ4n) is 3.47. The van der Waals surface area contributed by atoms with Gasteiger partial charge in [-0.3, -0.25) is 4.79 Å². The minimum absolute atomic E-state index is 0.0346. The molecule has 0 amide bonds. The number of methoxy groups -OCH3 is 1. The Balaban J connectivity index is 1.77. The van der Waals surface area contributed by atoms with Crippen molar-refractivity contribution < 1.29 is 27.4 Å². The van der Waals surface area contributed by atoms with Crippen molar-refractivity contribution in [3.05, 3.63) is 91.8 Å². The topological polar surface area (TPSA) is 82.8 Å². The molecule has 0 spiro atoms. The highest BCUT2D eigenvalue weighted by molar-refractivity contribution is 14.1. The van der Waals surface area contributed by atoms with E-state index < -0.39 is 29.4 Å². The quantitative estimate of drug-likeness (QED) is 0.161. The van der Waals surface area contributed by atoms with Crippen molar-refractivity contribution in [2.75, 3.05) is 7.11 Å². The van der Waals surface area contributed by atoms with Crippen LogP contribution >= 0.6 is 22.6 Å². The highest BCUT2D eigenvalue weighted by Crippen LogP contribution is 2.32. The number of hydrogen-bond acceptors (Lipinski definition) is 6. The van der Waals surface area contributed by atoms with Gasteiger partial charge in [0, 0.05) is 5.56 Å². The SMILES string of the molecule is COC(=O)[C@H](C)Oc1ccc(C=Nn2c(-c3cccc(C(F)(F)F)c3)nc3ccccc3c2=O)cc1I. The van der Waals surface area contributed by atoms with E-state index >= 15 is 0 Å². The average molecular weight is 621 g/mol. The number of benzene rings is 3. The van der Waals surface area contributed by atoms with Crippen LogP contribution in [0.1, 0.15) is 18.1 Å². The number of alkyl halides is 3. The molecule has 4 aromatic rings. The maximum absolute atomic E-state index is 13.3. The second-order valence-corrected chi connectivity index (χ2v) is 9.03. The lowest BCUT2D eigenvalue weighted by atomic mass is 10.1. The maximum atomic E-state index is 13.3. The molecule has 4 rings (SSSR count). The van der Waals surface area contributed by atoms with Gasteiger partial charge in [0.2, 0.25) is 0 Å². The van der Waals surface area contributed by atoms with Crippen LogP contribution in [0.4, 0.5) is 13.2 Å². The number of fused-ring (bicyclic) bond motifs is 1. The van der Waals surface area contributed by atoms with Gasteiger partial charge in [-0.25, -0.2) is 9.78 Å². The monoisotopic (exact) mass is 621 g/mol. The van der Waals surface area contributed by atoms with Crippen molar-refractivity contribution in [2.24, 2.45) is 5.10 Å². The van der Waals surface area contributed by atoms with Gasteiger partial charge in [-0.1, -0.05) is 24.3 Å². The fourth-order valence-corrected chi connectivity index (χ4v) is 4.14. The molecular weight excluding hydrogens is 602 g/mol. The van der Waals surface area contributed by atoms with E-state index in [0.717, 1.165) is 16.8 Å². The first-order chi connectivity index (χ1) is 17.6. The molecule has 0 bridgehead atoms. The standard InChI is InChI=1S/C26H19F3IN3O4/c1-15(25(35)36-2)37-22-11-10-16(12-20(22)30)14-31-33-23(17-6-5-7-18(13-17)26(27,28)29)32-21-9-4-3-8-19(21)24(33)34/h3-15H,1-2H3/t15-/m0/s1. The van der Waals surface area contributed by atoms with Crippen LogP contribution in [0.3, 0.4) is 0 Å². The summed E-state index contributed by atoms with van der Waals surface area (Å²) in [7, 11) is 1.27. The van der Waals surface area contributed by atoms with Gasteiger partial charge < -0.3 is 9.47 Å². The molecule has 7 nitrogen and oxygen atoms in total. The predicted molar refractivity (Wildman–Crippen MR) is 141 cm³/mol. The van der Waals surface area contributed by atoms with E-state index in [4.69, 9.17) is 4.74 Å². The molecule has 190 valence electrons. The minimum Gasteiger partial charge on any atom is -0.478 e. The normalized spacial score (nSPS) is 12.6. The van der Waals surface area contributed by atoms with E-state index in [9.17, 15) is 22.8 Å². The molecule has 37 heavy (non-hydrogen) atoms. The van der Waals surface area contributed by atoms with Crippen molar-refractivity contribution in [3.63, 3.8) is 0 Å². The van der Waals surface area contributed by atoms with Crippen LogP contribution in [-0.4, -0.2) is 35.1 Å². The van der Waals surface area contributed by atoms with E-state index in [1.807, 2.05) is 22.6 Å². The van der Waals surface area contributed by atoms with Crippen molar-refractivity contribution in [2.45, 2.75) is 19.2 Å². The summed E-state index contributed by atoms with van der Waals surface area (Å²) in [5.74, 6) is -0.107. The maximum Gasteiger partial charge on any atom is 0.416 e. The van der Waals surface area contributed by atoms with Crippen molar-refractivity contribution >= 4 is 45.7 Å². The van der Waals surface area contributed by atoms with Crippen LogP contribution in [0, 0.1) is 3.57 Å². The number of nitrogens with zero attached hydrogens (tertiary/aromatic N) is 3. The van der Waals surface area contributed by atoms with Gasteiger partial charge in [0.25, 0.3) is 5.56 Å². The fraction of sp³-hybridized carbons (Fsp3) is 0.154. The van der Waals surface area contributed by atoms with Crippen LogP contribution in [0.2, 0.25) is 0 Å². The van der Waals surface area contributed by atoms with Crippen LogP contribution in [0.15, 0.2) is 76.6 Å². The van der Waals surface area contributed by atoms with E-state index in [2.05, 4.69) is 14.8 Å². The molecule has 0 N–H and O–H groups in total. The van der Waals surface area contributed by atoms with E-state index in [1.165, 1.54) is 25.5 Å². The number of carbonyl (C=O) groups excluding carboxylic acids is 1. The van der Waals surface area contributed by atoms with Gasteiger partial charge in [0.05, 0.1) is 33.4 Å². The van der Waals surface area contributed by atoms with Gasteiger partial charge in [-0.2, -0.15) is 22.9 Å². The summed E-state index contributed by atoms with van der Waals surface area (Å²) in [6.07, 6.45) is -3.98. The van der Waals surface area contributed by atoms with Gasteiger partial charge >= 0.3 is 12.1 Å². The lowest BCUT2D eigenvalue weighted by molar-refractivity contribution is -0.148. The molecule has 0 aliphatic heterocycles.